The van der Waals surface area contributed by atoms with Crippen LogP contribution in [-0.4, -0.2) is 28.2 Å². The molecule has 0 bridgehead atoms. The molecule has 8 heteroatoms. The molecule has 2 amide bonds. The van der Waals surface area contributed by atoms with E-state index in [0.717, 1.165) is 16.7 Å². The van der Waals surface area contributed by atoms with Crippen molar-refractivity contribution in [3.8, 4) is 5.75 Å². The van der Waals surface area contributed by atoms with Crippen molar-refractivity contribution in [3.05, 3.63) is 111 Å². The Labute approximate surface area is 231 Å². The summed E-state index contributed by atoms with van der Waals surface area (Å²) in [5.41, 5.74) is 3.20. The van der Waals surface area contributed by atoms with Gasteiger partial charge in [0.2, 0.25) is 5.91 Å². The lowest BCUT2D eigenvalue weighted by Gasteiger charge is -2.41. The number of fused-ring (bicyclic) bond motifs is 1. The Kier molecular flexibility index (Phi) is 7.48. The van der Waals surface area contributed by atoms with Gasteiger partial charge in [0, 0.05) is 23.0 Å². The minimum absolute atomic E-state index is 0.0119. The maximum absolute atomic E-state index is 14.3. The number of hydrogen-bond donors (Lipinski definition) is 1. The molecule has 1 N–H and O–H groups in total. The fourth-order valence-corrected chi connectivity index (χ4v) is 5.40. The van der Waals surface area contributed by atoms with Crippen molar-refractivity contribution in [2.24, 2.45) is 5.41 Å². The van der Waals surface area contributed by atoms with Gasteiger partial charge < -0.3 is 15.0 Å². The van der Waals surface area contributed by atoms with Gasteiger partial charge in [0.05, 0.1) is 6.04 Å². The van der Waals surface area contributed by atoms with Crippen molar-refractivity contribution < 1.29 is 18.7 Å². The van der Waals surface area contributed by atoms with Crippen LogP contribution in [0.1, 0.15) is 59.0 Å². The van der Waals surface area contributed by atoms with Crippen LogP contribution in [0.25, 0.3) is 0 Å². The van der Waals surface area contributed by atoms with Gasteiger partial charge in [-0.05, 0) is 59.5 Å². The normalized spacial score (nSPS) is 15.0. The summed E-state index contributed by atoms with van der Waals surface area (Å²) in [4.78, 5) is 32.3. The van der Waals surface area contributed by atoms with Crippen molar-refractivity contribution in [2.75, 3.05) is 11.9 Å². The van der Waals surface area contributed by atoms with Gasteiger partial charge >= 0.3 is 0 Å². The largest absolute Gasteiger partial charge is 0.486 e. The fraction of sp³-hybridized carbons (Fsp3) is 0.258. The lowest BCUT2D eigenvalue weighted by molar-refractivity contribution is -0.141. The number of nitrogens with one attached hydrogen (secondary N) is 1. The van der Waals surface area contributed by atoms with E-state index in [2.05, 4.69) is 10.3 Å². The van der Waals surface area contributed by atoms with E-state index >= 15 is 0 Å². The average Bonchev–Trinajstić information content (AvgIpc) is 3.40. The van der Waals surface area contributed by atoms with Crippen LogP contribution in [0.2, 0.25) is 0 Å². The highest BCUT2D eigenvalue weighted by molar-refractivity contribution is 7.09. The number of benzene rings is 3. The summed E-state index contributed by atoms with van der Waals surface area (Å²) in [5.74, 6) is 0.00797. The van der Waals surface area contributed by atoms with E-state index in [1.807, 2.05) is 80.3 Å². The van der Waals surface area contributed by atoms with Crippen LogP contribution in [0.15, 0.2) is 78.2 Å². The lowest BCUT2D eigenvalue weighted by atomic mass is 9.85. The molecule has 4 aromatic rings. The van der Waals surface area contributed by atoms with Crippen molar-refractivity contribution in [1.29, 1.82) is 0 Å². The molecule has 2 heterocycles. The highest BCUT2D eigenvalue weighted by atomic mass is 32.1. The van der Waals surface area contributed by atoms with Gasteiger partial charge in [-0.1, -0.05) is 57.2 Å². The van der Waals surface area contributed by atoms with Gasteiger partial charge in [-0.25, -0.2) is 9.37 Å². The number of hydrogen-bond acceptors (Lipinski definition) is 5. The van der Waals surface area contributed by atoms with Gasteiger partial charge in [-0.3, -0.25) is 9.59 Å². The van der Waals surface area contributed by atoms with Crippen molar-refractivity contribution in [3.63, 3.8) is 0 Å². The first-order valence-corrected chi connectivity index (χ1v) is 13.7. The smallest absolute Gasteiger partial charge is 0.275 e. The second kappa shape index (κ2) is 11.0. The van der Waals surface area contributed by atoms with E-state index in [4.69, 9.17) is 4.74 Å². The van der Waals surface area contributed by atoms with Crippen molar-refractivity contribution >= 4 is 28.8 Å². The van der Waals surface area contributed by atoms with Crippen LogP contribution < -0.4 is 10.1 Å². The fourth-order valence-electron chi connectivity index (χ4n) is 4.71. The zero-order chi connectivity index (χ0) is 27.6. The molecule has 0 fully saturated rings. The molecule has 6 nitrogen and oxygen atoms in total. The van der Waals surface area contributed by atoms with Crippen LogP contribution in [0, 0.1) is 11.2 Å². The molecule has 1 aromatic heterocycles. The second-order valence-electron chi connectivity index (χ2n) is 10.6. The number of halogens is 1. The van der Waals surface area contributed by atoms with Crippen LogP contribution in [0.3, 0.4) is 0 Å². The first-order valence-electron chi connectivity index (χ1n) is 12.8. The number of aromatic nitrogens is 1. The summed E-state index contributed by atoms with van der Waals surface area (Å²) < 4.78 is 20.3. The van der Waals surface area contributed by atoms with E-state index in [1.165, 1.54) is 23.5 Å². The molecule has 0 aliphatic carbocycles. The maximum Gasteiger partial charge on any atom is 0.275 e. The molecule has 0 unspecified atom stereocenters. The highest BCUT2D eigenvalue weighted by Crippen LogP contribution is 2.39. The number of para-hydroxylation sites is 1. The van der Waals surface area contributed by atoms with Crippen molar-refractivity contribution in [1.82, 2.24) is 9.88 Å². The summed E-state index contributed by atoms with van der Waals surface area (Å²) in [7, 11) is 0. The summed E-state index contributed by atoms with van der Waals surface area (Å²) in [5, 5.41) is 5.21. The number of amides is 2. The number of ether oxygens (including phenoxy) is 1. The van der Waals surface area contributed by atoms with Crippen molar-refractivity contribution in [2.45, 2.75) is 39.8 Å². The number of rotatable bonds is 6. The molecule has 3 aromatic carbocycles. The molecule has 1 atom stereocenters. The summed E-state index contributed by atoms with van der Waals surface area (Å²) in [6.07, 6.45) is 0.704. The van der Waals surface area contributed by atoms with Gasteiger partial charge in [0.15, 0.2) is 0 Å². The predicted molar refractivity (Wildman–Crippen MR) is 150 cm³/mol. The Balaban J connectivity index is 1.36. The topological polar surface area (TPSA) is 71.5 Å². The number of carbonyl (C=O) groups excluding carboxylic acids is 2. The number of nitrogens with zero attached hydrogens (tertiary/aromatic N) is 2. The Morgan fingerprint density at radius 2 is 1.87 bits per heavy atom. The summed E-state index contributed by atoms with van der Waals surface area (Å²) >= 11 is 1.35. The Morgan fingerprint density at radius 1 is 1.08 bits per heavy atom. The molecule has 0 saturated carbocycles. The predicted octanol–water partition coefficient (Wildman–Crippen LogP) is 6.63. The molecule has 1 aliphatic rings. The van der Waals surface area contributed by atoms with E-state index in [-0.39, 0.29) is 24.2 Å². The maximum atomic E-state index is 14.3. The molecular formula is C31H30FN3O3S. The van der Waals surface area contributed by atoms with E-state index in [0.29, 0.717) is 35.1 Å². The van der Waals surface area contributed by atoms with Gasteiger partial charge in [0.1, 0.15) is 28.9 Å². The minimum atomic E-state index is -0.577. The summed E-state index contributed by atoms with van der Waals surface area (Å²) in [6, 6.07) is 21.1. The number of anilines is 1. The van der Waals surface area contributed by atoms with Crippen LogP contribution in [0.4, 0.5) is 10.1 Å². The van der Waals surface area contributed by atoms with Crippen LogP contribution >= 0.6 is 11.3 Å². The number of carbonyl (C=O) groups is 2. The monoisotopic (exact) mass is 543 g/mol. The molecular weight excluding hydrogens is 513 g/mol. The third-order valence-electron chi connectivity index (χ3n) is 6.59. The molecule has 39 heavy (non-hydrogen) atoms. The molecule has 0 radical (unpaired) electrons. The molecule has 0 spiro atoms. The molecule has 5 rings (SSSR count). The standard InChI is InChI=1S/C31H30FN3O3S/c1-31(2,3)30(37)35-15-14-20-12-13-24(17-25(20)28(35)21-8-7-9-22(32)16-21)38-18-27-34-26(19-39-27)29(36)33-23-10-5-4-6-11-23/h4-13,16-17,19,28H,14-15,18H2,1-3H3,(H,33,36)/t28-/m0/s1. The first kappa shape index (κ1) is 26.6. The third-order valence-corrected chi connectivity index (χ3v) is 7.41. The minimum Gasteiger partial charge on any atom is -0.486 e. The third kappa shape index (κ3) is 6.01. The quantitative estimate of drug-likeness (QED) is 0.296. The van der Waals surface area contributed by atoms with E-state index < -0.39 is 11.5 Å². The Morgan fingerprint density at radius 3 is 2.62 bits per heavy atom. The SMILES string of the molecule is CC(C)(C)C(=O)N1CCc2ccc(OCc3nc(C(=O)Nc4ccccc4)cs3)cc2[C@@H]1c1cccc(F)c1. The molecule has 200 valence electrons. The summed E-state index contributed by atoms with van der Waals surface area (Å²) in [6.45, 7) is 6.44. The van der Waals surface area contributed by atoms with E-state index in [9.17, 15) is 14.0 Å². The lowest BCUT2D eigenvalue weighted by Crippen LogP contribution is -2.45. The number of thiazole rings is 1. The Bertz CT molecular complexity index is 1500. The van der Waals surface area contributed by atoms with Crippen LogP contribution in [-0.2, 0) is 17.8 Å². The van der Waals surface area contributed by atoms with Crippen LogP contribution in [0.5, 0.6) is 5.75 Å². The zero-order valence-corrected chi connectivity index (χ0v) is 22.9. The van der Waals surface area contributed by atoms with Gasteiger partial charge in [0.25, 0.3) is 5.91 Å². The van der Waals surface area contributed by atoms with Gasteiger partial charge in [-0.15, -0.1) is 11.3 Å². The first-order chi connectivity index (χ1) is 18.7. The average molecular weight is 544 g/mol. The molecule has 1 aliphatic heterocycles. The van der Waals surface area contributed by atoms with E-state index in [1.54, 1.807) is 11.4 Å². The Hall–Kier alpha value is -4.04. The second-order valence-corrected chi connectivity index (χ2v) is 11.5. The molecule has 0 saturated heterocycles. The van der Waals surface area contributed by atoms with Gasteiger partial charge in [-0.2, -0.15) is 0 Å². The highest BCUT2D eigenvalue weighted by Gasteiger charge is 2.37. The zero-order valence-electron chi connectivity index (χ0n) is 22.1.